The number of benzene rings is 6. The molecule has 7 rings (SSSR count). The minimum atomic E-state index is -0.0226. The molecule has 190 valence electrons. The molecule has 0 aliphatic heterocycles. The zero-order valence-corrected chi connectivity index (χ0v) is 23.3. The van der Waals surface area contributed by atoms with E-state index in [0.29, 0.717) is 5.92 Å². The van der Waals surface area contributed by atoms with E-state index in [1.807, 2.05) is 0 Å². The molecule has 0 unspecified atom stereocenters. The molecule has 6 aromatic rings. The van der Waals surface area contributed by atoms with Crippen LogP contribution in [0.15, 0.2) is 115 Å². The second-order valence-electron chi connectivity index (χ2n) is 12.1. The van der Waals surface area contributed by atoms with Crippen molar-refractivity contribution < 1.29 is 0 Å². The molecule has 6 aromatic carbocycles. The first-order chi connectivity index (χ1) is 18.9. The average Bonchev–Trinajstić information content (AvgIpc) is 3.18. The van der Waals surface area contributed by atoms with Crippen molar-refractivity contribution in [2.24, 2.45) is 5.92 Å². The third kappa shape index (κ3) is 3.73. The highest BCUT2D eigenvalue weighted by Gasteiger charge is 2.35. The van der Waals surface area contributed by atoms with Gasteiger partial charge in [0.05, 0.1) is 0 Å². The van der Waals surface area contributed by atoms with Crippen LogP contribution in [0, 0.1) is 5.92 Å². The van der Waals surface area contributed by atoms with Gasteiger partial charge in [-0.3, -0.25) is 0 Å². The van der Waals surface area contributed by atoms with Crippen molar-refractivity contribution in [3.63, 3.8) is 0 Å². The van der Waals surface area contributed by atoms with Gasteiger partial charge in [0.1, 0.15) is 0 Å². The highest BCUT2D eigenvalue weighted by Crippen LogP contribution is 2.51. The van der Waals surface area contributed by atoms with E-state index in [9.17, 15) is 0 Å². The summed E-state index contributed by atoms with van der Waals surface area (Å²) < 4.78 is 0. The molecule has 0 radical (unpaired) electrons. The summed E-state index contributed by atoms with van der Waals surface area (Å²) in [5, 5.41) is 5.24. The third-order valence-electron chi connectivity index (χ3n) is 8.69. The monoisotopic (exact) mass is 502 g/mol. The van der Waals surface area contributed by atoms with E-state index in [-0.39, 0.29) is 5.41 Å². The van der Waals surface area contributed by atoms with E-state index in [1.54, 1.807) is 0 Å². The second-order valence-corrected chi connectivity index (χ2v) is 12.1. The van der Waals surface area contributed by atoms with E-state index >= 15 is 0 Å². The van der Waals surface area contributed by atoms with Crippen molar-refractivity contribution in [3.05, 3.63) is 132 Å². The van der Waals surface area contributed by atoms with Gasteiger partial charge in [0.2, 0.25) is 0 Å². The van der Waals surface area contributed by atoms with Crippen molar-refractivity contribution in [2.45, 2.75) is 39.5 Å². The van der Waals surface area contributed by atoms with Crippen molar-refractivity contribution in [3.8, 4) is 33.4 Å². The summed E-state index contributed by atoms with van der Waals surface area (Å²) in [6, 6.07) is 43.3. The lowest BCUT2D eigenvalue weighted by Crippen LogP contribution is -2.14. The Morgan fingerprint density at radius 1 is 0.513 bits per heavy atom. The lowest BCUT2D eigenvalue weighted by Gasteiger charge is -2.23. The molecule has 0 saturated carbocycles. The standard InChI is InChI=1S/C39H34/c1-25(2)23-26-17-19-27(20-18-26)37-31-12-5-7-14-33(31)38(34-15-8-6-13-32(34)37)28-21-22-30-29-11-9-10-16-35(29)39(3,4)36(30)24-28/h5-22,24-25H,23H2,1-4H3. The van der Waals surface area contributed by atoms with Crippen molar-refractivity contribution >= 4 is 21.5 Å². The van der Waals surface area contributed by atoms with Gasteiger partial charge in [-0.2, -0.15) is 0 Å². The summed E-state index contributed by atoms with van der Waals surface area (Å²) in [5.74, 6) is 0.655. The molecule has 1 aliphatic carbocycles. The van der Waals surface area contributed by atoms with Crippen molar-refractivity contribution in [1.29, 1.82) is 0 Å². The van der Waals surface area contributed by atoms with Crippen LogP contribution in [0.1, 0.15) is 44.4 Å². The summed E-state index contributed by atoms with van der Waals surface area (Å²) >= 11 is 0. The molecule has 0 saturated heterocycles. The molecule has 0 spiro atoms. The van der Waals surface area contributed by atoms with Gasteiger partial charge in [-0.05, 0) is 90.0 Å². The number of fused-ring (bicyclic) bond motifs is 5. The normalized spacial score (nSPS) is 13.7. The highest BCUT2D eigenvalue weighted by molar-refractivity contribution is 6.21. The van der Waals surface area contributed by atoms with Crippen LogP contribution < -0.4 is 0 Å². The van der Waals surface area contributed by atoms with E-state index in [1.165, 1.54) is 71.6 Å². The Hall–Kier alpha value is -4.16. The topological polar surface area (TPSA) is 0 Å². The number of hydrogen-bond donors (Lipinski definition) is 0. The molecule has 0 nitrogen and oxygen atoms in total. The fraction of sp³-hybridized carbons (Fsp3) is 0.179. The predicted molar refractivity (Wildman–Crippen MR) is 168 cm³/mol. The Kier molecular flexibility index (Phi) is 5.49. The summed E-state index contributed by atoms with van der Waals surface area (Å²) in [6.07, 6.45) is 1.11. The fourth-order valence-electron chi connectivity index (χ4n) is 6.89. The molecule has 39 heavy (non-hydrogen) atoms. The van der Waals surface area contributed by atoms with Gasteiger partial charge in [0.15, 0.2) is 0 Å². The summed E-state index contributed by atoms with van der Waals surface area (Å²) in [7, 11) is 0. The van der Waals surface area contributed by atoms with E-state index in [2.05, 4.69) is 143 Å². The van der Waals surface area contributed by atoms with Gasteiger partial charge in [0, 0.05) is 5.41 Å². The van der Waals surface area contributed by atoms with Crippen LogP contribution in [0.25, 0.3) is 54.9 Å². The maximum absolute atomic E-state index is 2.46. The molecule has 0 aromatic heterocycles. The summed E-state index contributed by atoms with van der Waals surface area (Å²) in [6.45, 7) is 9.30. The highest BCUT2D eigenvalue weighted by atomic mass is 14.4. The Labute approximate surface area is 232 Å². The maximum atomic E-state index is 2.46. The minimum Gasteiger partial charge on any atom is -0.0625 e. The number of rotatable bonds is 4. The Morgan fingerprint density at radius 2 is 1.00 bits per heavy atom. The predicted octanol–water partition coefficient (Wildman–Crippen LogP) is 10.8. The molecule has 0 atom stereocenters. The molecular formula is C39H34. The summed E-state index contributed by atoms with van der Waals surface area (Å²) in [4.78, 5) is 0. The quantitative estimate of drug-likeness (QED) is 0.210. The fourth-order valence-corrected chi connectivity index (χ4v) is 6.89. The Morgan fingerprint density at radius 3 is 1.59 bits per heavy atom. The lowest BCUT2D eigenvalue weighted by molar-refractivity contribution is 0.647. The molecule has 0 fully saturated rings. The Balaban J connectivity index is 1.49. The first-order valence-corrected chi connectivity index (χ1v) is 14.2. The molecule has 1 aliphatic rings. The van der Waals surface area contributed by atoms with Gasteiger partial charge in [-0.25, -0.2) is 0 Å². The van der Waals surface area contributed by atoms with E-state index < -0.39 is 0 Å². The van der Waals surface area contributed by atoms with Crippen LogP contribution in [0.5, 0.6) is 0 Å². The largest absolute Gasteiger partial charge is 0.0625 e. The molecular weight excluding hydrogens is 468 g/mol. The third-order valence-corrected chi connectivity index (χ3v) is 8.69. The molecule has 0 N–H and O–H groups in total. The van der Waals surface area contributed by atoms with Gasteiger partial charge < -0.3 is 0 Å². The zero-order chi connectivity index (χ0) is 26.7. The molecule has 0 amide bonds. The van der Waals surface area contributed by atoms with Crippen molar-refractivity contribution in [2.75, 3.05) is 0 Å². The van der Waals surface area contributed by atoms with Crippen LogP contribution in [0.2, 0.25) is 0 Å². The lowest BCUT2D eigenvalue weighted by atomic mass is 9.80. The smallest absolute Gasteiger partial charge is 0.0159 e. The maximum Gasteiger partial charge on any atom is 0.0159 e. The zero-order valence-electron chi connectivity index (χ0n) is 23.3. The first-order valence-electron chi connectivity index (χ1n) is 14.2. The van der Waals surface area contributed by atoms with Crippen LogP contribution in [-0.4, -0.2) is 0 Å². The minimum absolute atomic E-state index is 0.0226. The second kappa shape index (κ2) is 8.95. The van der Waals surface area contributed by atoms with E-state index in [4.69, 9.17) is 0 Å². The van der Waals surface area contributed by atoms with Crippen LogP contribution in [0.4, 0.5) is 0 Å². The van der Waals surface area contributed by atoms with Gasteiger partial charge in [0.25, 0.3) is 0 Å². The van der Waals surface area contributed by atoms with E-state index in [0.717, 1.165) is 6.42 Å². The summed E-state index contributed by atoms with van der Waals surface area (Å²) in [5.41, 5.74) is 12.2. The molecule has 0 heteroatoms. The first kappa shape index (κ1) is 23.9. The van der Waals surface area contributed by atoms with Crippen molar-refractivity contribution in [1.82, 2.24) is 0 Å². The molecule has 0 bridgehead atoms. The number of hydrogen-bond acceptors (Lipinski definition) is 0. The van der Waals surface area contributed by atoms with Gasteiger partial charge in [-0.15, -0.1) is 0 Å². The van der Waals surface area contributed by atoms with Crippen LogP contribution in [-0.2, 0) is 11.8 Å². The molecule has 0 heterocycles. The average molecular weight is 503 g/mol. The Bertz CT molecular complexity index is 1810. The van der Waals surface area contributed by atoms with Gasteiger partial charge in [-0.1, -0.05) is 137 Å². The van der Waals surface area contributed by atoms with Gasteiger partial charge >= 0.3 is 0 Å². The van der Waals surface area contributed by atoms with Crippen LogP contribution in [0.3, 0.4) is 0 Å². The van der Waals surface area contributed by atoms with Crippen LogP contribution >= 0.6 is 0 Å². The SMILES string of the molecule is CC(C)Cc1ccc(-c2c3ccccc3c(-c3ccc4c(c3)C(C)(C)c3ccccc3-4)c3ccccc23)cc1.